The Balaban J connectivity index is 1.93. The van der Waals surface area contributed by atoms with Crippen molar-refractivity contribution >= 4 is 29.5 Å². The van der Waals surface area contributed by atoms with Crippen LogP contribution in [0.25, 0.3) is 0 Å². The van der Waals surface area contributed by atoms with E-state index in [-0.39, 0.29) is 42.6 Å². The van der Waals surface area contributed by atoms with Gasteiger partial charge in [-0.15, -0.1) is 0 Å². The molecule has 0 spiro atoms. The Bertz CT molecular complexity index is 1790. The van der Waals surface area contributed by atoms with Gasteiger partial charge in [-0.1, -0.05) is 99.5 Å². The quantitative estimate of drug-likeness (QED) is 0.137. The van der Waals surface area contributed by atoms with Crippen molar-refractivity contribution in [2.75, 3.05) is 35.3 Å². The summed E-state index contributed by atoms with van der Waals surface area (Å²) in [6.07, 6.45) is -0.0562. The van der Waals surface area contributed by atoms with Crippen LogP contribution in [0, 0.1) is 31.6 Å². The summed E-state index contributed by atoms with van der Waals surface area (Å²) in [5.41, 5.74) is 4.63. The maximum absolute atomic E-state index is 14.6. The van der Waals surface area contributed by atoms with Crippen LogP contribution in [-0.2, 0) is 52.7 Å². The van der Waals surface area contributed by atoms with Crippen LogP contribution in [0.1, 0.15) is 68.4 Å². The van der Waals surface area contributed by atoms with Gasteiger partial charge < -0.3 is 24.4 Å². The van der Waals surface area contributed by atoms with Crippen molar-refractivity contribution in [3.8, 4) is 5.75 Å². The lowest BCUT2D eigenvalue weighted by molar-refractivity contribution is -0.163. The highest BCUT2D eigenvalue weighted by Crippen LogP contribution is 2.26. The first-order valence-corrected chi connectivity index (χ1v) is 19.8. The third-order valence-electron chi connectivity index (χ3n) is 11.0. The fourth-order valence-electron chi connectivity index (χ4n) is 6.79. The van der Waals surface area contributed by atoms with Gasteiger partial charge in [0.2, 0.25) is 11.8 Å². The zero-order chi connectivity index (χ0) is 42.6. The third kappa shape index (κ3) is 13.0. The van der Waals surface area contributed by atoms with E-state index < -0.39 is 53.9 Å². The van der Waals surface area contributed by atoms with Gasteiger partial charge in [0.15, 0.2) is 11.9 Å². The summed E-state index contributed by atoms with van der Waals surface area (Å²) in [5.74, 6) is -3.85. The van der Waals surface area contributed by atoms with Crippen LogP contribution < -0.4 is 0 Å². The molecule has 0 saturated carbocycles. The molecule has 3 rings (SSSR count). The number of nitrogens with zero attached hydrogens (tertiary/aromatic N) is 3. The molecule has 3 aromatic carbocycles. The Morgan fingerprint density at radius 3 is 1.51 bits per heavy atom. The Hall–Kier alpha value is -5.03. The molecule has 0 aromatic heterocycles. The SMILES string of the molecule is CC[C@H](C)[C@H](OC(=O)[C@@H](Cc1ccc(C)cc1)N(C)C)C(=O)C[C@H](C(=O)N(C)[C@H](Cc1ccc(O)cc1)C(=O)N(C)[C@@H](Cc1ccc(C)cc1)C(=O)OC)C(C)C. The average Bonchev–Trinajstić information content (AvgIpc) is 3.19. The monoisotopic (exact) mass is 785 g/mol. The third-order valence-corrected chi connectivity index (χ3v) is 11.0. The molecular formula is C46H63N3O8. The van der Waals surface area contributed by atoms with Crippen LogP contribution in [0.3, 0.4) is 0 Å². The van der Waals surface area contributed by atoms with E-state index in [0.717, 1.165) is 22.3 Å². The van der Waals surface area contributed by atoms with Crippen LogP contribution in [0.2, 0.25) is 0 Å². The van der Waals surface area contributed by atoms with Gasteiger partial charge >= 0.3 is 11.9 Å². The van der Waals surface area contributed by atoms with Crippen molar-refractivity contribution in [2.45, 2.75) is 97.9 Å². The van der Waals surface area contributed by atoms with Gasteiger partial charge in [-0.3, -0.25) is 24.1 Å². The molecule has 0 bridgehead atoms. The summed E-state index contributed by atoms with van der Waals surface area (Å²) in [7, 11) is 7.92. The summed E-state index contributed by atoms with van der Waals surface area (Å²) in [6.45, 7) is 11.4. The number of hydrogen-bond donors (Lipinski definition) is 1. The molecule has 6 atom stereocenters. The molecule has 0 aliphatic rings. The molecule has 11 nitrogen and oxygen atoms in total. The summed E-state index contributed by atoms with van der Waals surface area (Å²) in [5, 5.41) is 9.95. The minimum atomic E-state index is -1.08. The smallest absolute Gasteiger partial charge is 0.328 e. The van der Waals surface area contributed by atoms with Crippen LogP contribution in [-0.4, -0.2) is 109 Å². The van der Waals surface area contributed by atoms with Crippen molar-refractivity contribution in [3.05, 3.63) is 101 Å². The second-order valence-electron chi connectivity index (χ2n) is 15.9. The predicted octanol–water partition coefficient (Wildman–Crippen LogP) is 5.98. The number of carbonyl (C=O) groups excluding carboxylic acids is 5. The second-order valence-corrected chi connectivity index (χ2v) is 15.9. The number of phenols is 1. The number of carbonyl (C=O) groups is 5. The number of Topliss-reactive ketones (excluding diaryl/α,β-unsaturated/α-hetero) is 1. The lowest BCUT2D eigenvalue weighted by atomic mass is 9.85. The first kappa shape index (κ1) is 46.4. The normalized spacial score (nSPS) is 14.5. The highest BCUT2D eigenvalue weighted by Gasteiger charge is 2.40. The zero-order valence-corrected chi connectivity index (χ0v) is 35.7. The van der Waals surface area contributed by atoms with Crippen molar-refractivity contribution in [2.24, 2.45) is 17.8 Å². The molecule has 2 amide bonds. The van der Waals surface area contributed by atoms with E-state index >= 15 is 0 Å². The van der Waals surface area contributed by atoms with Gasteiger partial charge in [0.25, 0.3) is 0 Å². The van der Waals surface area contributed by atoms with E-state index in [4.69, 9.17) is 9.47 Å². The predicted molar refractivity (Wildman–Crippen MR) is 221 cm³/mol. The largest absolute Gasteiger partial charge is 0.508 e. The van der Waals surface area contributed by atoms with E-state index in [1.54, 1.807) is 31.1 Å². The lowest BCUT2D eigenvalue weighted by Gasteiger charge is -2.36. The number of methoxy groups -OCH3 is 1. The summed E-state index contributed by atoms with van der Waals surface area (Å²) in [4.78, 5) is 74.7. The number of ether oxygens (including phenoxy) is 2. The molecule has 310 valence electrons. The number of phenolic OH excluding ortho intramolecular Hbond substituents is 1. The molecule has 1 N–H and O–H groups in total. The van der Waals surface area contributed by atoms with Crippen molar-refractivity contribution < 1.29 is 38.6 Å². The molecular weight excluding hydrogens is 723 g/mol. The number of amides is 2. The fraction of sp³-hybridized carbons (Fsp3) is 0.500. The van der Waals surface area contributed by atoms with Gasteiger partial charge in [0.1, 0.15) is 23.9 Å². The number of esters is 2. The summed E-state index contributed by atoms with van der Waals surface area (Å²) >= 11 is 0. The van der Waals surface area contributed by atoms with E-state index in [9.17, 15) is 29.1 Å². The molecule has 57 heavy (non-hydrogen) atoms. The number of hydrogen-bond acceptors (Lipinski definition) is 9. The van der Waals surface area contributed by atoms with Crippen molar-refractivity contribution in [3.63, 3.8) is 0 Å². The van der Waals surface area contributed by atoms with E-state index in [1.807, 2.05) is 90.1 Å². The molecule has 0 fully saturated rings. The Morgan fingerprint density at radius 2 is 1.07 bits per heavy atom. The van der Waals surface area contributed by atoms with Crippen LogP contribution in [0.5, 0.6) is 5.75 Å². The molecule has 0 aliphatic heterocycles. The van der Waals surface area contributed by atoms with Crippen molar-refractivity contribution in [1.82, 2.24) is 14.7 Å². The fourth-order valence-corrected chi connectivity index (χ4v) is 6.79. The van der Waals surface area contributed by atoms with Gasteiger partial charge in [-0.2, -0.15) is 0 Å². The minimum absolute atomic E-state index is 0.0500. The number of likely N-dealkylation sites (N-methyl/N-ethyl adjacent to an activating group) is 3. The van der Waals surface area contributed by atoms with Gasteiger partial charge in [-0.05, 0) is 75.5 Å². The van der Waals surface area contributed by atoms with Gasteiger partial charge in [0.05, 0.1) is 7.11 Å². The first-order chi connectivity index (χ1) is 26.9. The molecule has 0 radical (unpaired) electrons. The van der Waals surface area contributed by atoms with E-state index in [0.29, 0.717) is 18.4 Å². The van der Waals surface area contributed by atoms with Gasteiger partial charge in [0, 0.05) is 45.2 Å². The minimum Gasteiger partial charge on any atom is -0.508 e. The number of ketones is 1. The number of benzene rings is 3. The van der Waals surface area contributed by atoms with Crippen LogP contribution in [0.4, 0.5) is 0 Å². The standard InChI is InChI=1S/C46H63N3O8/c1-12-32(6)42(57-46(55)39(47(7)8)26-33-17-13-30(4)14-18-33)41(51)28-37(29(2)3)43(52)48(9)38(25-35-21-23-36(50)24-22-35)44(53)49(10)40(45(54)56-11)27-34-19-15-31(5)16-20-34/h13-24,29,32,37-40,42,50H,12,25-28H2,1-11H3/t32-,37-,38+,39+,40-,42-/m0/s1. The molecule has 0 heterocycles. The van der Waals surface area contributed by atoms with E-state index in [2.05, 4.69) is 0 Å². The Labute approximate surface area is 339 Å². The number of aryl methyl sites for hydroxylation is 2. The molecule has 0 unspecified atom stereocenters. The van der Waals surface area contributed by atoms with Crippen LogP contribution in [0.15, 0.2) is 72.8 Å². The first-order valence-electron chi connectivity index (χ1n) is 19.8. The van der Waals surface area contributed by atoms with Crippen LogP contribution >= 0.6 is 0 Å². The number of aromatic hydroxyl groups is 1. The lowest BCUT2D eigenvalue weighted by Crippen LogP contribution is -2.55. The highest BCUT2D eigenvalue weighted by atomic mass is 16.5. The Morgan fingerprint density at radius 1 is 0.632 bits per heavy atom. The molecule has 0 aliphatic carbocycles. The summed E-state index contributed by atoms with van der Waals surface area (Å²) < 4.78 is 11.2. The number of rotatable bonds is 20. The molecule has 0 saturated heterocycles. The summed E-state index contributed by atoms with van der Waals surface area (Å²) in [6, 6.07) is 19.2. The van der Waals surface area contributed by atoms with E-state index in [1.165, 1.54) is 43.1 Å². The molecule has 3 aromatic rings. The maximum Gasteiger partial charge on any atom is 0.328 e. The molecule has 11 heteroatoms. The highest BCUT2D eigenvalue weighted by molar-refractivity contribution is 5.94. The average molecular weight is 786 g/mol. The Kier molecular flexibility index (Phi) is 17.5. The second kappa shape index (κ2) is 21.5. The maximum atomic E-state index is 14.6. The zero-order valence-electron chi connectivity index (χ0n) is 35.7. The van der Waals surface area contributed by atoms with Gasteiger partial charge in [-0.25, -0.2) is 4.79 Å². The topological polar surface area (TPSA) is 134 Å². The van der Waals surface area contributed by atoms with Crippen molar-refractivity contribution in [1.29, 1.82) is 0 Å².